The minimum absolute atomic E-state index is 0.0125. The Bertz CT molecular complexity index is 559. The van der Waals surface area contributed by atoms with Crippen LogP contribution in [-0.2, 0) is 0 Å². The monoisotopic (exact) mass is 278 g/mol. The normalized spacial score (nSPS) is 14.5. The van der Waals surface area contributed by atoms with Gasteiger partial charge < -0.3 is 10.8 Å². The molecule has 0 fully saturated rings. The first-order valence-corrected chi connectivity index (χ1v) is 6.96. The summed E-state index contributed by atoms with van der Waals surface area (Å²) in [5, 5.41) is 10.9. The van der Waals surface area contributed by atoms with Gasteiger partial charge >= 0.3 is 0 Å². The number of hydrogen-bond donors (Lipinski definition) is 2. The highest BCUT2D eigenvalue weighted by molar-refractivity contribution is 6.35. The number of aliphatic hydroxyl groups is 1. The van der Waals surface area contributed by atoms with Gasteiger partial charge in [0.2, 0.25) is 0 Å². The van der Waals surface area contributed by atoms with E-state index in [0.717, 1.165) is 22.9 Å². The Balaban J connectivity index is 2.56. The lowest BCUT2D eigenvalue weighted by Gasteiger charge is -2.23. The van der Waals surface area contributed by atoms with Crippen molar-refractivity contribution in [3.8, 4) is 0 Å². The standard InChI is InChI=1S/C15H19ClN2O/c1-2-14(17)10(7-9-19)11-5-6-13(16)12-4-3-8-18-15(11)12/h3-6,8,10,14,19H,2,7,9,17H2,1H3. The number of fused-ring (bicyclic) bond motifs is 1. The Hall–Kier alpha value is -1.16. The van der Waals surface area contributed by atoms with Crippen molar-refractivity contribution in [1.82, 2.24) is 4.98 Å². The van der Waals surface area contributed by atoms with Gasteiger partial charge in [0.15, 0.2) is 0 Å². The van der Waals surface area contributed by atoms with Gasteiger partial charge in [-0.25, -0.2) is 0 Å². The molecule has 1 aromatic carbocycles. The van der Waals surface area contributed by atoms with Gasteiger partial charge in [0.25, 0.3) is 0 Å². The molecule has 0 amide bonds. The van der Waals surface area contributed by atoms with Crippen LogP contribution in [0.3, 0.4) is 0 Å². The van der Waals surface area contributed by atoms with E-state index in [1.54, 1.807) is 6.20 Å². The van der Waals surface area contributed by atoms with Crippen LogP contribution in [0.2, 0.25) is 5.02 Å². The number of rotatable bonds is 5. The summed E-state index contributed by atoms with van der Waals surface area (Å²) in [6, 6.07) is 7.71. The first-order valence-electron chi connectivity index (χ1n) is 6.58. The number of pyridine rings is 1. The number of benzene rings is 1. The predicted molar refractivity (Wildman–Crippen MR) is 79.5 cm³/mol. The van der Waals surface area contributed by atoms with Gasteiger partial charge in [-0.15, -0.1) is 0 Å². The molecule has 0 aliphatic rings. The molecule has 2 unspecified atom stereocenters. The van der Waals surface area contributed by atoms with Crippen LogP contribution in [0.15, 0.2) is 30.5 Å². The Labute approximate surface area is 118 Å². The number of halogens is 1. The third-order valence-electron chi connectivity index (χ3n) is 3.58. The molecule has 0 radical (unpaired) electrons. The van der Waals surface area contributed by atoms with Crippen LogP contribution in [-0.4, -0.2) is 22.7 Å². The second-order valence-electron chi connectivity index (χ2n) is 4.73. The van der Waals surface area contributed by atoms with Crippen LogP contribution >= 0.6 is 11.6 Å². The van der Waals surface area contributed by atoms with Gasteiger partial charge in [-0.3, -0.25) is 4.98 Å². The van der Waals surface area contributed by atoms with Gasteiger partial charge in [-0.2, -0.15) is 0 Å². The van der Waals surface area contributed by atoms with Crippen molar-refractivity contribution in [2.45, 2.75) is 31.7 Å². The van der Waals surface area contributed by atoms with Crippen molar-refractivity contribution < 1.29 is 5.11 Å². The number of aromatic nitrogens is 1. The molecule has 1 aromatic heterocycles. The fourth-order valence-electron chi connectivity index (χ4n) is 2.48. The zero-order valence-corrected chi connectivity index (χ0v) is 11.8. The van der Waals surface area contributed by atoms with E-state index in [9.17, 15) is 5.11 Å². The van der Waals surface area contributed by atoms with Gasteiger partial charge in [0.05, 0.1) is 5.52 Å². The summed E-state index contributed by atoms with van der Waals surface area (Å²) in [5.74, 6) is 0.102. The van der Waals surface area contributed by atoms with E-state index in [1.807, 2.05) is 24.3 Å². The fraction of sp³-hybridized carbons (Fsp3) is 0.400. The zero-order valence-electron chi connectivity index (χ0n) is 11.0. The highest BCUT2D eigenvalue weighted by Crippen LogP contribution is 2.32. The SMILES string of the molecule is CCC(N)C(CCO)c1ccc(Cl)c2cccnc12. The highest BCUT2D eigenvalue weighted by atomic mass is 35.5. The quantitative estimate of drug-likeness (QED) is 0.884. The molecular weight excluding hydrogens is 260 g/mol. The molecule has 2 atom stereocenters. The van der Waals surface area contributed by atoms with Crippen molar-refractivity contribution >= 4 is 22.5 Å². The van der Waals surface area contributed by atoms with Crippen LogP contribution < -0.4 is 5.73 Å². The third-order valence-corrected chi connectivity index (χ3v) is 3.91. The summed E-state index contributed by atoms with van der Waals surface area (Å²) in [7, 11) is 0. The lowest BCUT2D eigenvalue weighted by Crippen LogP contribution is -2.28. The first-order chi connectivity index (χ1) is 9.19. The van der Waals surface area contributed by atoms with Crippen molar-refractivity contribution in [1.29, 1.82) is 0 Å². The number of nitrogens with zero attached hydrogens (tertiary/aromatic N) is 1. The van der Waals surface area contributed by atoms with Gasteiger partial charge in [-0.1, -0.05) is 24.6 Å². The lowest BCUT2D eigenvalue weighted by atomic mass is 9.86. The van der Waals surface area contributed by atoms with Crippen LogP contribution in [0.1, 0.15) is 31.2 Å². The van der Waals surface area contributed by atoms with Crippen LogP contribution in [0.5, 0.6) is 0 Å². The predicted octanol–water partition coefficient (Wildman–Crippen LogP) is 3.09. The van der Waals surface area contributed by atoms with E-state index >= 15 is 0 Å². The lowest BCUT2D eigenvalue weighted by molar-refractivity contribution is 0.266. The molecule has 2 rings (SSSR count). The van der Waals surface area contributed by atoms with Crippen molar-refractivity contribution in [2.75, 3.05) is 6.61 Å². The topological polar surface area (TPSA) is 59.1 Å². The van der Waals surface area contributed by atoms with E-state index in [2.05, 4.69) is 11.9 Å². The smallest absolute Gasteiger partial charge is 0.0752 e. The molecule has 0 saturated carbocycles. The van der Waals surface area contributed by atoms with Crippen LogP contribution in [0.25, 0.3) is 10.9 Å². The number of hydrogen-bond acceptors (Lipinski definition) is 3. The molecule has 0 saturated heterocycles. The maximum absolute atomic E-state index is 9.27. The molecule has 0 bridgehead atoms. The number of aliphatic hydroxyl groups excluding tert-OH is 1. The highest BCUT2D eigenvalue weighted by Gasteiger charge is 2.21. The van der Waals surface area contributed by atoms with Crippen molar-refractivity contribution in [2.24, 2.45) is 5.73 Å². The molecular formula is C15H19ClN2O. The molecule has 1 heterocycles. The molecule has 2 aromatic rings. The average Bonchev–Trinajstić information content (AvgIpc) is 2.45. The van der Waals surface area contributed by atoms with Gasteiger partial charge in [0, 0.05) is 35.2 Å². The molecule has 0 aliphatic carbocycles. The first kappa shape index (κ1) is 14.3. The fourth-order valence-corrected chi connectivity index (χ4v) is 2.70. The third kappa shape index (κ3) is 2.89. The molecule has 3 N–H and O–H groups in total. The molecule has 0 aliphatic heterocycles. The van der Waals surface area contributed by atoms with E-state index in [0.29, 0.717) is 11.4 Å². The summed E-state index contributed by atoms with van der Waals surface area (Å²) < 4.78 is 0. The zero-order chi connectivity index (χ0) is 13.8. The van der Waals surface area contributed by atoms with Crippen molar-refractivity contribution in [3.05, 3.63) is 41.0 Å². The van der Waals surface area contributed by atoms with E-state index < -0.39 is 0 Å². The molecule has 0 spiro atoms. The summed E-state index contributed by atoms with van der Waals surface area (Å²) in [6.07, 6.45) is 3.26. The maximum Gasteiger partial charge on any atom is 0.0752 e. The minimum atomic E-state index is 0.0125. The van der Waals surface area contributed by atoms with E-state index in [-0.39, 0.29) is 18.6 Å². The Morgan fingerprint density at radius 1 is 1.37 bits per heavy atom. The largest absolute Gasteiger partial charge is 0.396 e. The molecule has 102 valence electrons. The molecule has 3 nitrogen and oxygen atoms in total. The van der Waals surface area contributed by atoms with Crippen molar-refractivity contribution in [3.63, 3.8) is 0 Å². The summed E-state index contributed by atoms with van der Waals surface area (Å²) >= 11 is 6.20. The Kier molecular flexibility index (Phi) is 4.75. The average molecular weight is 279 g/mol. The summed E-state index contributed by atoms with van der Waals surface area (Å²) in [6.45, 7) is 2.18. The van der Waals surface area contributed by atoms with E-state index in [1.165, 1.54) is 0 Å². The van der Waals surface area contributed by atoms with Gasteiger partial charge in [0.1, 0.15) is 0 Å². The van der Waals surface area contributed by atoms with Gasteiger partial charge in [-0.05, 0) is 36.6 Å². The summed E-state index contributed by atoms with van der Waals surface area (Å²) in [5.41, 5.74) is 8.15. The second-order valence-corrected chi connectivity index (χ2v) is 5.13. The second kappa shape index (κ2) is 6.33. The Morgan fingerprint density at radius 3 is 2.84 bits per heavy atom. The molecule has 19 heavy (non-hydrogen) atoms. The van der Waals surface area contributed by atoms with Crippen LogP contribution in [0.4, 0.5) is 0 Å². The molecule has 4 heteroatoms. The van der Waals surface area contributed by atoms with E-state index in [4.69, 9.17) is 17.3 Å². The maximum atomic E-state index is 9.27. The Morgan fingerprint density at radius 2 is 2.16 bits per heavy atom. The minimum Gasteiger partial charge on any atom is -0.396 e. The van der Waals surface area contributed by atoms with Crippen LogP contribution in [0, 0.1) is 0 Å². The summed E-state index contributed by atoms with van der Waals surface area (Å²) in [4.78, 5) is 4.44. The number of nitrogens with two attached hydrogens (primary N) is 1.